The van der Waals surface area contributed by atoms with E-state index in [1.165, 1.54) is 19.2 Å². The predicted molar refractivity (Wildman–Crippen MR) is 117 cm³/mol. The third kappa shape index (κ3) is 4.52. The smallest absolute Gasteiger partial charge is 0.338 e. The van der Waals surface area contributed by atoms with Gasteiger partial charge in [0.1, 0.15) is 9.77 Å². The van der Waals surface area contributed by atoms with Crippen molar-refractivity contribution in [1.29, 1.82) is 0 Å². The van der Waals surface area contributed by atoms with Crippen LogP contribution in [-0.2, 0) is 14.8 Å². The summed E-state index contributed by atoms with van der Waals surface area (Å²) < 4.78 is 32.2. The monoisotopic (exact) mass is 444 g/mol. The molecule has 7 nitrogen and oxygen atoms in total. The molecule has 1 N–H and O–H groups in total. The van der Waals surface area contributed by atoms with Gasteiger partial charge in [0, 0.05) is 12.7 Å². The lowest BCUT2D eigenvalue weighted by molar-refractivity contribution is 0.0526. The van der Waals surface area contributed by atoms with Crippen LogP contribution in [0.15, 0.2) is 70.9 Å². The first-order valence-electron chi connectivity index (χ1n) is 9.04. The maximum absolute atomic E-state index is 13.1. The molecule has 0 saturated carbocycles. The van der Waals surface area contributed by atoms with Gasteiger partial charge in [-0.2, -0.15) is 0 Å². The Kier molecular flexibility index (Phi) is 6.53. The predicted octanol–water partition coefficient (Wildman–Crippen LogP) is 4.00. The minimum Gasteiger partial charge on any atom is -0.462 e. The fraction of sp³-hybridized carbons (Fsp3) is 0.143. The highest BCUT2D eigenvalue weighted by atomic mass is 32.2. The van der Waals surface area contributed by atoms with Crippen molar-refractivity contribution in [2.45, 2.75) is 11.8 Å². The average molecular weight is 445 g/mol. The fourth-order valence-electron chi connectivity index (χ4n) is 2.72. The number of hydrogen-bond acceptors (Lipinski definition) is 6. The molecule has 0 spiro atoms. The summed E-state index contributed by atoms with van der Waals surface area (Å²) in [5.41, 5.74) is 1.13. The van der Waals surface area contributed by atoms with E-state index in [9.17, 15) is 18.0 Å². The maximum Gasteiger partial charge on any atom is 0.338 e. The molecule has 3 rings (SSSR count). The van der Waals surface area contributed by atoms with Crippen molar-refractivity contribution in [3.8, 4) is 0 Å². The van der Waals surface area contributed by atoms with Gasteiger partial charge in [-0.1, -0.05) is 24.3 Å². The van der Waals surface area contributed by atoms with E-state index in [1.54, 1.807) is 60.8 Å². The topological polar surface area (TPSA) is 92.8 Å². The summed E-state index contributed by atoms with van der Waals surface area (Å²) in [6.07, 6.45) is 0. The molecular formula is C21H20N2O5S2. The Morgan fingerprint density at radius 2 is 1.80 bits per heavy atom. The van der Waals surface area contributed by atoms with Crippen LogP contribution in [0.4, 0.5) is 11.4 Å². The molecule has 9 heteroatoms. The molecule has 1 heterocycles. The molecule has 1 amide bonds. The normalized spacial score (nSPS) is 11.0. The average Bonchev–Trinajstić information content (AvgIpc) is 3.25. The number of para-hydroxylation sites is 1. The first kappa shape index (κ1) is 21.5. The number of carbonyl (C=O) groups is 2. The molecule has 0 radical (unpaired) electrons. The number of anilines is 2. The van der Waals surface area contributed by atoms with E-state index in [1.807, 2.05) is 0 Å². The number of esters is 1. The van der Waals surface area contributed by atoms with Gasteiger partial charge in [-0.25, -0.2) is 13.2 Å². The van der Waals surface area contributed by atoms with Crippen LogP contribution >= 0.6 is 11.3 Å². The number of thiophene rings is 1. The van der Waals surface area contributed by atoms with Crippen LogP contribution < -0.4 is 9.62 Å². The summed E-state index contributed by atoms with van der Waals surface area (Å²) in [5, 5.41) is 4.20. The second-order valence-electron chi connectivity index (χ2n) is 6.18. The van der Waals surface area contributed by atoms with E-state index in [4.69, 9.17) is 4.74 Å². The third-order valence-corrected chi connectivity index (χ3v) is 7.10. The van der Waals surface area contributed by atoms with Crippen LogP contribution in [0.1, 0.15) is 27.0 Å². The van der Waals surface area contributed by atoms with Crippen molar-refractivity contribution in [2.75, 3.05) is 23.3 Å². The molecule has 156 valence electrons. The van der Waals surface area contributed by atoms with Crippen molar-refractivity contribution in [3.05, 3.63) is 76.5 Å². The van der Waals surface area contributed by atoms with Crippen molar-refractivity contribution < 1.29 is 22.7 Å². The molecule has 30 heavy (non-hydrogen) atoms. The van der Waals surface area contributed by atoms with E-state index in [-0.39, 0.29) is 21.9 Å². The highest BCUT2D eigenvalue weighted by Crippen LogP contribution is 2.28. The standard InChI is InChI=1S/C21H20N2O5S2/c1-3-28-21(25)15-8-7-9-16(14-15)22-20(24)19-18(12-13-29-19)30(26,27)23(2)17-10-5-4-6-11-17/h4-14H,3H2,1-2H3,(H,22,24). The van der Waals surface area contributed by atoms with E-state index >= 15 is 0 Å². The molecule has 0 aliphatic carbocycles. The minimum absolute atomic E-state index is 0.0549. The van der Waals surface area contributed by atoms with Gasteiger partial charge in [0.2, 0.25) is 0 Å². The Labute approximate surface area is 179 Å². The Balaban J connectivity index is 1.85. The lowest BCUT2D eigenvalue weighted by Crippen LogP contribution is -2.28. The van der Waals surface area contributed by atoms with Crippen molar-refractivity contribution in [1.82, 2.24) is 0 Å². The van der Waals surface area contributed by atoms with Gasteiger partial charge in [-0.15, -0.1) is 11.3 Å². The zero-order valence-electron chi connectivity index (χ0n) is 16.4. The van der Waals surface area contributed by atoms with E-state index in [2.05, 4.69) is 5.32 Å². The second kappa shape index (κ2) is 9.10. The van der Waals surface area contributed by atoms with E-state index in [0.29, 0.717) is 11.4 Å². The zero-order valence-corrected chi connectivity index (χ0v) is 18.0. The van der Waals surface area contributed by atoms with Gasteiger partial charge < -0.3 is 10.1 Å². The molecular weight excluding hydrogens is 424 g/mol. The number of ether oxygens (including phenoxy) is 1. The van der Waals surface area contributed by atoms with Gasteiger partial charge in [0.15, 0.2) is 0 Å². The molecule has 0 bridgehead atoms. The number of nitrogens with zero attached hydrogens (tertiary/aromatic N) is 1. The van der Waals surface area contributed by atoms with Gasteiger partial charge in [0.25, 0.3) is 15.9 Å². The number of carbonyl (C=O) groups excluding carboxylic acids is 2. The van der Waals surface area contributed by atoms with E-state index in [0.717, 1.165) is 15.6 Å². The molecule has 0 aliphatic heterocycles. The second-order valence-corrected chi connectivity index (χ2v) is 9.03. The number of sulfonamides is 1. The first-order valence-corrected chi connectivity index (χ1v) is 11.4. The van der Waals surface area contributed by atoms with Crippen LogP contribution in [0.2, 0.25) is 0 Å². The zero-order chi connectivity index (χ0) is 21.7. The minimum atomic E-state index is -3.94. The summed E-state index contributed by atoms with van der Waals surface area (Å²) >= 11 is 1.03. The molecule has 1 aromatic heterocycles. The molecule has 3 aromatic rings. The number of amides is 1. The lowest BCUT2D eigenvalue weighted by atomic mass is 10.2. The van der Waals surface area contributed by atoms with Gasteiger partial charge in [-0.3, -0.25) is 9.10 Å². The highest BCUT2D eigenvalue weighted by Gasteiger charge is 2.28. The molecule has 0 fully saturated rings. The fourth-order valence-corrected chi connectivity index (χ4v) is 5.21. The summed E-state index contributed by atoms with van der Waals surface area (Å²) in [6, 6.07) is 16.3. The van der Waals surface area contributed by atoms with Crippen LogP contribution in [0.25, 0.3) is 0 Å². The summed E-state index contributed by atoms with van der Waals surface area (Å²) in [4.78, 5) is 24.7. The lowest BCUT2D eigenvalue weighted by Gasteiger charge is -2.19. The summed E-state index contributed by atoms with van der Waals surface area (Å²) in [6.45, 7) is 1.94. The van der Waals surface area contributed by atoms with Gasteiger partial charge in [0.05, 0.1) is 17.9 Å². The van der Waals surface area contributed by atoms with Crippen LogP contribution in [0.5, 0.6) is 0 Å². The van der Waals surface area contributed by atoms with Crippen LogP contribution in [0, 0.1) is 0 Å². The molecule has 0 aliphatic rings. The quantitative estimate of drug-likeness (QED) is 0.556. The Hall–Kier alpha value is -3.17. The van der Waals surface area contributed by atoms with Crippen LogP contribution in [-0.4, -0.2) is 33.9 Å². The summed E-state index contributed by atoms with van der Waals surface area (Å²) in [5.74, 6) is -1.08. The largest absolute Gasteiger partial charge is 0.462 e. The number of hydrogen-bond donors (Lipinski definition) is 1. The number of nitrogens with one attached hydrogen (secondary N) is 1. The highest BCUT2D eigenvalue weighted by molar-refractivity contribution is 7.93. The molecule has 0 saturated heterocycles. The molecule has 2 aromatic carbocycles. The van der Waals surface area contributed by atoms with Crippen molar-refractivity contribution in [2.24, 2.45) is 0 Å². The van der Waals surface area contributed by atoms with Crippen molar-refractivity contribution in [3.63, 3.8) is 0 Å². The van der Waals surface area contributed by atoms with Crippen LogP contribution in [0.3, 0.4) is 0 Å². The Morgan fingerprint density at radius 1 is 1.07 bits per heavy atom. The SMILES string of the molecule is CCOC(=O)c1cccc(NC(=O)c2sccc2S(=O)(=O)N(C)c2ccccc2)c1. The van der Waals surface area contributed by atoms with E-state index < -0.39 is 21.9 Å². The Bertz CT molecular complexity index is 1160. The number of benzene rings is 2. The Morgan fingerprint density at radius 3 is 2.50 bits per heavy atom. The molecule has 0 unspecified atom stereocenters. The third-order valence-electron chi connectivity index (χ3n) is 4.23. The van der Waals surface area contributed by atoms with Crippen molar-refractivity contribution >= 4 is 44.6 Å². The summed E-state index contributed by atoms with van der Waals surface area (Å²) in [7, 11) is -2.50. The van der Waals surface area contributed by atoms with Gasteiger partial charge in [-0.05, 0) is 48.7 Å². The van der Waals surface area contributed by atoms with Gasteiger partial charge >= 0.3 is 5.97 Å². The molecule has 0 atom stereocenters. The number of rotatable bonds is 7. The maximum atomic E-state index is 13.1. The first-order chi connectivity index (χ1) is 14.3.